The fourth-order valence-electron chi connectivity index (χ4n) is 2.77. The van der Waals surface area contributed by atoms with E-state index in [-0.39, 0.29) is 16.9 Å². The number of nitrogens with zero attached hydrogens (tertiary/aromatic N) is 1. The molecule has 0 unspecified atom stereocenters. The number of benzene rings is 1. The van der Waals surface area contributed by atoms with Gasteiger partial charge in [-0.25, -0.2) is 8.78 Å². The average molecular weight is 249 g/mol. The van der Waals surface area contributed by atoms with Crippen molar-refractivity contribution >= 4 is 10.9 Å². The van der Waals surface area contributed by atoms with Gasteiger partial charge in [-0.1, -0.05) is 12.8 Å². The van der Waals surface area contributed by atoms with Crippen LogP contribution in [-0.4, -0.2) is 4.57 Å². The molecule has 2 nitrogen and oxygen atoms in total. The second-order valence-corrected chi connectivity index (χ2v) is 4.81. The minimum Gasteiger partial charge on any atom is -0.344 e. The molecular weight excluding hydrogens is 236 g/mol. The Balaban J connectivity index is 2.29. The molecule has 2 aromatic rings. The molecule has 1 heterocycles. The molecule has 0 saturated heterocycles. The van der Waals surface area contributed by atoms with E-state index < -0.39 is 11.6 Å². The number of fused-ring (bicyclic) bond motifs is 1. The van der Waals surface area contributed by atoms with E-state index in [0.29, 0.717) is 5.52 Å². The lowest BCUT2D eigenvalue weighted by Gasteiger charge is -2.17. The molecular formula is C14H13F2NO. The largest absolute Gasteiger partial charge is 0.344 e. The molecule has 1 saturated carbocycles. The molecule has 18 heavy (non-hydrogen) atoms. The number of pyridine rings is 1. The third kappa shape index (κ3) is 1.72. The highest BCUT2D eigenvalue weighted by molar-refractivity contribution is 5.79. The first-order valence-corrected chi connectivity index (χ1v) is 6.17. The summed E-state index contributed by atoms with van der Waals surface area (Å²) in [6.45, 7) is 0. The summed E-state index contributed by atoms with van der Waals surface area (Å²) in [6.07, 6.45) is 6.02. The fraction of sp³-hybridized carbons (Fsp3) is 0.357. The monoisotopic (exact) mass is 249 g/mol. The van der Waals surface area contributed by atoms with Crippen molar-refractivity contribution in [2.45, 2.75) is 31.7 Å². The molecule has 0 aliphatic heterocycles. The van der Waals surface area contributed by atoms with Crippen LogP contribution in [-0.2, 0) is 0 Å². The maximum absolute atomic E-state index is 13.4. The predicted molar refractivity (Wildman–Crippen MR) is 65.6 cm³/mol. The number of rotatable bonds is 1. The quantitative estimate of drug-likeness (QED) is 0.759. The van der Waals surface area contributed by atoms with Gasteiger partial charge in [0.15, 0.2) is 17.1 Å². The summed E-state index contributed by atoms with van der Waals surface area (Å²) in [5.41, 5.74) is 0.228. The minimum atomic E-state index is -0.969. The normalized spacial score (nSPS) is 16.6. The summed E-state index contributed by atoms with van der Waals surface area (Å²) < 4.78 is 28.5. The lowest BCUT2D eigenvalue weighted by atomic mass is 10.1. The van der Waals surface area contributed by atoms with Crippen LogP contribution in [0.5, 0.6) is 0 Å². The Hall–Kier alpha value is -1.71. The maximum Gasteiger partial charge on any atom is 0.189 e. The number of aromatic nitrogens is 1. The Kier molecular flexibility index (Phi) is 2.65. The molecule has 3 rings (SSSR count). The van der Waals surface area contributed by atoms with E-state index in [2.05, 4.69) is 0 Å². The van der Waals surface area contributed by atoms with Gasteiger partial charge in [0.1, 0.15) is 0 Å². The lowest BCUT2D eigenvalue weighted by molar-refractivity contribution is 0.504. The van der Waals surface area contributed by atoms with Crippen LogP contribution in [0.1, 0.15) is 31.7 Å². The van der Waals surface area contributed by atoms with E-state index in [0.717, 1.165) is 37.8 Å². The zero-order valence-corrected chi connectivity index (χ0v) is 9.83. The van der Waals surface area contributed by atoms with Gasteiger partial charge in [-0.05, 0) is 18.9 Å². The Morgan fingerprint density at radius 1 is 1.11 bits per heavy atom. The van der Waals surface area contributed by atoms with Crippen molar-refractivity contribution in [1.82, 2.24) is 4.57 Å². The molecule has 1 aromatic heterocycles. The van der Waals surface area contributed by atoms with Crippen molar-refractivity contribution in [3.63, 3.8) is 0 Å². The maximum atomic E-state index is 13.4. The molecule has 1 fully saturated rings. The second kappa shape index (κ2) is 4.19. The molecule has 0 N–H and O–H groups in total. The highest BCUT2D eigenvalue weighted by atomic mass is 19.2. The van der Waals surface area contributed by atoms with Crippen LogP contribution in [0.4, 0.5) is 8.78 Å². The minimum absolute atomic E-state index is 0.253. The van der Waals surface area contributed by atoms with Gasteiger partial charge in [0, 0.05) is 29.8 Å². The van der Waals surface area contributed by atoms with Crippen LogP contribution >= 0.6 is 0 Å². The van der Waals surface area contributed by atoms with Gasteiger partial charge in [-0.3, -0.25) is 4.79 Å². The number of hydrogen-bond acceptors (Lipinski definition) is 1. The molecule has 0 amide bonds. The first kappa shape index (κ1) is 11.4. The van der Waals surface area contributed by atoms with Crippen molar-refractivity contribution in [2.75, 3.05) is 0 Å². The Labute approximate surface area is 103 Å². The highest BCUT2D eigenvalue weighted by Gasteiger charge is 2.19. The van der Waals surface area contributed by atoms with Crippen LogP contribution in [0.2, 0.25) is 0 Å². The zero-order chi connectivity index (χ0) is 12.7. The molecule has 1 aliphatic carbocycles. The van der Waals surface area contributed by atoms with Gasteiger partial charge >= 0.3 is 0 Å². The van der Waals surface area contributed by atoms with Gasteiger partial charge in [0.05, 0.1) is 5.52 Å². The summed E-state index contributed by atoms with van der Waals surface area (Å²) >= 11 is 0. The van der Waals surface area contributed by atoms with E-state index >= 15 is 0 Å². The summed E-state index contributed by atoms with van der Waals surface area (Å²) in [4.78, 5) is 11.7. The van der Waals surface area contributed by atoms with Crippen LogP contribution in [0, 0.1) is 11.6 Å². The third-order valence-corrected chi connectivity index (χ3v) is 3.69. The summed E-state index contributed by atoms with van der Waals surface area (Å²) in [5, 5.41) is 0.253. The average Bonchev–Trinajstić information content (AvgIpc) is 2.86. The molecule has 0 radical (unpaired) electrons. The van der Waals surface area contributed by atoms with Crippen molar-refractivity contribution in [3.8, 4) is 0 Å². The van der Waals surface area contributed by atoms with Crippen molar-refractivity contribution in [3.05, 3.63) is 46.3 Å². The number of halogens is 2. The highest BCUT2D eigenvalue weighted by Crippen LogP contribution is 2.31. The van der Waals surface area contributed by atoms with Crippen LogP contribution in [0.15, 0.2) is 29.2 Å². The molecule has 4 heteroatoms. The van der Waals surface area contributed by atoms with Crippen molar-refractivity contribution in [1.29, 1.82) is 0 Å². The fourth-order valence-corrected chi connectivity index (χ4v) is 2.77. The van der Waals surface area contributed by atoms with Gasteiger partial charge < -0.3 is 4.57 Å². The topological polar surface area (TPSA) is 22.0 Å². The molecule has 94 valence electrons. The number of hydrogen-bond donors (Lipinski definition) is 0. The van der Waals surface area contributed by atoms with Gasteiger partial charge in [0.25, 0.3) is 0 Å². The van der Waals surface area contributed by atoms with E-state index in [1.165, 1.54) is 6.07 Å². The van der Waals surface area contributed by atoms with Gasteiger partial charge in [0.2, 0.25) is 0 Å². The lowest BCUT2D eigenvalue weighted by Crippen LogP contribution is -2.12. The smallest absolute Gasteiger partial charge is 0.189 e. The van der Waals surface area contributed by atoms with Crippen molar-refractivity contribution in [2.24, 2.45) is 0 Å². The van der Waals surface area contributed by atoms with Crippen LogP contribution in [0.3, 0.4) is 0 Å². The third-order valence-electron chi connectivity index (χ3n) is 3.69. The second-order valence-electron chi connectivity index (χ2n) is 4.81. The van der Waals surface area contributed by atoms with Crippen LogP contribution < -0.4 is 5.43 Å². The van der Waals surface area contributed by atoms with E-state index in [1.54, 1.807) is 6.20 Å². The summed E-state index contributed by atoms with van der Waals surface area (Å²) in [7, 11) is 0. The van der Waals surface area contributed by atoms with E-state index in [1.807, 2.05) is 4.57 Å². The summed E-state index contributed by atoms with van der Waals surface area (Å²) in [5.74, 6) is -1.87. The van der Waals surface area contributed by atoms with E-state index in [4.69, 9.17) is 0 Å². The standard InChI is InChI=1S/C14H13F2NO/c15-11-7-10-13(8-12(11)16)17(6-5-14(10)18)9-3-1-2-4-9/h5-9H,1-4H2. The molecule has 1 aromatic carbocycles. The molecule has 0 atom stereocenters. The predicted octanol–water partition coefficient (Wildman–Crippen LogP) is 3.39. The SMILES string of the molecule is O=c1ccn(C2CCCC2)c2cc(F)c(F)cc12. The Bertz CT molecular complexity index is 657. The Morgan fingerprint density at radius 3 is 2.50 bits per heavy atom. The molecule has 0 spiro atoms. The zero-order valence-electron chi connectivity index (χ0n) is 9.83. The molecule has 0 bridgehead atoms. The van der Waals surface area contributed by atoms with E-state index in [9.17, 15) is 13.6 Å². The van der Waals surface area contributed by atoms with Gasteiger partial charge in [-0.2, -0.15) is 0 Å². The summed E-state index contributed by atoms with van der Waals surface area (Å²) in [6, 6.07) is 3.85. The van der Waals surface area contributed by atoms with Crippen LogP contribution in [0.25, 0.3) is 10.9 Å². The Morgan fingerprint density at radius 2 is 1.78 bits per heavy atom. The van der Waals surface area contributed by atoms with Crippen molar-refractivity contribution < 1.29 is 8.78 Å². The molecule has 1 aliphatic rings. The first-order chi connectivity index (χ1) is 8.66. The van der Waals surface area contributed by atoms with Gasteiger partial charge in [-0.15, -0.1) is 0 Å². The first-order valence-electron chi connectivity index (χ1n) is 6.17.